The van der Waals surface area contributed by atoms with Gasteiger partial charge in [0, 0.05) is 26.7 Å². The molecule has 0 atom stereocenters. The molecule has 136 valence electrons. The summed E-state index contributed by atoms with van der Waals surface area (Å²) < 4.78 is 49.8. The van der Waals surface area contributed by atoms with Gasteiger partial charge >= 0.3 is 6.18 Å². The second-order valence-corrected chi connectivity index (χ2v) is 5.57. The van der Waals surface area contributed by atoms with Gasteiger partial charge in [0.2, 0.25) is 0 Å². The van der Waals surface area contributed by atoms with Crippen LogP contribution in [0.2, 0.25) is 0 Å². The summed E-state index contributed by atoms with van der Waals surface area (Å²) in [5.41, 5.74) is 0.915. The van der Waals surface area contributed by atoms with E-state index in [2.05, 4.69) is 10.3 Å². The highest BCUT2D eigenvalue weighted by molar-refractivity contribution is 5.79. The molecule has 0 aliphatic rings. The summed E-state index contributed by atoms with van der Waals surface area (Å²) in [4.78, 5) is 7.38. The summed E-state index contributed by atoms with van der Waals surface area (Å²) in [7, 11) is 3.24. The topological polar surface area (TPSA) is 30.9 Å². The Morgan fingerprint density at radius 1 is 1.17 bits per heavy atom. The van der Waals surface area contributed by atoms with E-state index in [0.717, 1.165) is 5.56 Å². The normalized spacial score (nSPS) is 12.6. The van der Waals surface area contributed by atoms with Crippen LogP contribution in [0.1, 0.15) is 12.5 Å². The number of alkyl halides is 3. The van der Waals surface area contributed by atoms with Crippen molar-refractivity contribution in [2.24, 2.45) is 4.99 Å². The van der Waals surface area contributed by atoms with Crippen molar-refractivity contribution in [1.82, 2.24) is 15.1 Å². The second-order valence-electron chi connectivity index (χ2n) is 5.57. The number of nitrogens with one attached hydrogen (secondary N) is 1. The van der Waals surface area contributed by atoms with Crippen molar-refractivity contribution in [2.45, 2.75) is 19.6 Å². The van der Waals surface area contributed by atoms with Gasteiger partial charge in [0.25, 0.3) is 0 Å². The molecule has 1 aromatic rings. The van der Waals surface area contributed by atoms with Crippen LogP contribution in [-0.2, 0) is 6.54 Å². The first-order chi connectivity index (χ1) is 11.2. The van der Waals surface area contributed by atoms with Crippen LogP contribution in [0.5, 0.6) is 0 Å². The van der Waals surface area contributed by atoms with E-state index in [1.807, 2.05) is 18.9 Å². The molecular formula is C16H24F4N4. The fourth-order valence-electron chi connectivity index (χ4n) is 2.12. The monoisotopic (exact) mass is 348 g/mol. The van der Waals surface area contributed by atoms with Gasteiger partial charge in [0.05, 0.1) is 13.1 Å². The molecule has 0 aromatic heterocycles. The Labute approximate surface area is 140 Å². The minimum absolute atomic E-state index is 0.207. The predicted molar refractivity (Wildman–Crippen MR) is 87.4 cm³/mol. The van der Waals surface area contributed by atoms with E-state index in [4.69, 9.17) is 0 Å². The molecule has 0 saturated heterocycles. The molecule has 4 nitrogen and oxygen atoms in total. The molecular weight excluding hydrogens is 324 g/mol. The lowest BCUT2D eigenvalue weighted by Gasteiger charge is -2.23. The zero-order valence-corrected chi connectivity index (χ0v) is 14.2. The van der Waals surface area contributed by atoms with Gasteiger partial charge in [0.1, 0.15) is 5.82 Å². The van der Waals surface area contributed by atoms with Crippen molar-refractivity contribution in [2.75, 3.05) is 40.3 Å². The first kappa shape index (κ1) is 20.2. The number of hydrogen-bond donors (Lipinski definition) is 1. The average Bonchev–Trinajstić information content (AvgIpc) is 2.47. The predicted octanol–water partition coefficient (Wildman–Crippen LogP) is 2.72. The molecule has 0 fully saturated rings. The lowest BCUT2D eigenvalue weighted by molar-refractivity contribution is -0.142. The number of halogens is 4. The fraction of sp³-hybridized carbons (Fsp3) is 0.562. The van der Waals surface area contributed by atoms with Crippen molar-refractivity contribution in [3.63, 3.8) is 0 Å². The third-order valence-corrected chi connectivity index (χ3v) is 3.22. The van der Waals surface area contributed by atoms with Crippen LogP contribution in [0.4, 0.5) is 17.6 Å². The lowest BCUT2D eigenvalue weighted by Crippen LogP contribution is -2.39. The van der Waals surface area contributed by atoms with Crippen LogP contribution in [-0.4, -0.2) is 62.2 Å². The molecule has 0 aliphatic heterocycles. The standard InChI is InChI=1S/C16H24F4N4/c1-4-21-15(22-9-10-23(2)12-16(18,19)20)24(3)11-13-5-7-14(17)8-6-13/h5-8H,4,9-12H2,1-3H3,(H,21,22). The molecule has 8 heteroatoms. The summed E-state index contributed by atoms with van der Waals surface area (Å²) in [6.45, 7) is 2.58. The van der Waals surface area contributed by atoms with Crippen LogP contribution in [0.15, 0.2) is 29.3 Å². The molecule has 0 amide bonds. The molecule has 1 aromatic carbocycles. The summed E-state index contributed by atoms with van der Waals surface area (Å²) in [5, 5.41) is 3.10. The number of guanidine groups is 1. The quantitative estimate of drug-likeness (QED) is 0.467. The van der Waals surface area contributed by atoms with Gasteiger partial charge in [-0.25, -0.2) is 4.39 Å². The first-order valence-corrected chi connectivity index (χ1v) is 7.70. The third-order valence-electron chi connectivity index (χ3n) is 3.22. The maximum atomic E-state index is 12.9. The van der Waals surface area contributed by atoms with Crippen molar-refractivity contribution >= 4 is 5.96 Å². The molecule has 1 rings (SSSR count). The largest absolute Gasteiger partial charge is 0.401 e. The van der Waals surface area contributed by atoms with Crippen molar-refractivity contribution in [3.8, 4) is 0 Å². The Morgan fingerprint density at radius 3 is 2.33 bits per heavy atom. The molecule has 1 N–H and O–H groups in total. The van der Waals surface area contributed by atoms with Crippen LogP contribution in [0.3, 0.4) is 0 Å². The number of hydrogen-bond acceptors (Lipinski definition) is 2. The van der Waals surface area contributed by atoms with Gasteiger partial charge in [-0.15, -0.1) is 0 Å². The zero-order valence-electron chi connectivity index (χ0n) is 14.2. The van der Waals surface area contributed by atoms with Crippen LogP contribution in [0, 0.1) is 5.82 Å². The molecule has 0 unspecified atom stereocenters. The zero-order chi connectivity index (χ0) is 18.2. The Bertz CT molecular complexity index is 514. The molecule has 24 heavy (non-hydrogen) atoms. The molecule has 0 radical (unpaired) electrons. The number of likely N-dealkylation sites (N-methyl/N-ethyl adjacent to an activating group) is 1. The maximum Gasteiger partial charge on any atom is 0.401 e. The van der Waals surface area contributed by atoms with Crippen molar-refractivity contribution in [3.05, 3.63) is 35.6 Å². The highest BCUT2D eigenvalue weighted by atomic mass is 19.4. The maximum absolute atomic E-state index is 12.9. The highest BCUT2D eigenvalue weighted by Gasteiger charge is 2.28. The van der Waals surface area contributed by atoms with Gasteiger partial charge in [-0.2, -0.15) is 13.2 Å². The summed E-state index contributed by atoms with van der Waals surface area (Å²) in [5.74, 6) is 0.303. The second kappa shape index (κ2) is 9.46. The van der Waals surface area contributed by atoms with Gasteiger partial charge in [0.15, 0.2) is 5.96 Å². The lowest BCUT2D eigenvalue weighted by atomic mass is 10.2. The van der Waals surface area contributed by atoms with E-state index >= 15 is 0 Å². The minimum Gasteiger partial charge on any atom is -0.357 e. The average molecular weight is 348 g/mol. The van der Waals surface area contributed by atoms with Gasteiger partial charge < -0.3 is 10.2 Å². The number of rotatable bonds is 7. The third kappa shape index (κ3) is 8.14. The fourth-order valence-corrected chi connectivity index (χ4v) is 2.12. The highest BCUT2D eigenvalue weighted by Crippen LogP contribution is 2.15. The van der Waals surface area contributed by atoms with E-state index in [1.165, 1.54) is 24.1 Å². The Hall–Kier alpha value is -1.83. The van der Waals surface area contributed by atoms with Gasteiger partial charge in [-0.3, -0.25) is 9.89 Å². The molecule has 0 bridgehead atoms. The van der Waals surface area contributed by atoms with Crippen LogP contribution in [0.25, 0.3) is 0 Å². The summed E-state index contributed by atoms with van der Waals surface area (Å²) in [6.07, 6.45) is -4.21. The molecule has 0 heterocycles. The van der Waals surface area contributed by atoms with Gasteiger partial charge in [-0.1, -0.05) is 12.1 Å². The molecule has 0 aliphatic carbocycles. The Morgan fingerprint density at radius 2 is 1.79 bits per heavy atom. The van der Waals surface area contributed by atoms with E-state index in [9.17, 15) is 17.6 Å². The Kier molecular flexibility index (Phi) is 7.97. The molecule has 0 saturated carbocycles. The van der Waals surface area contributed by atoms with Crippen molar-refractivity contribution in [1.29, 1.82) is 0 Å². The number of benzene rings is 1. The van der Waals surface area contributed by atoms with E-state index < -0.39 is 12.7 Å². The number of nitrogens with zero attached hydrogens (tertiary/aromatic N) is 3. The first-order valence-electron chi connectivity index (χ1n) is 7.70. The van der Waals surface area contributed by atoms with Gasteiger partial charge in [-0.05, 0) is 31.7 Å². The van der Waals surface area contributed by atoms with Crippen molar-refractivity contribution < 1.29 is 17.6 Å². The minimum atomic E-state index is -4.21. The van der Waals surface area contributed by atoms with E-state index in [0.29, 0.717) is 19.0 Å². The summed E-state index contributed by atoms with van der Waals surface area (Å²) in [6, 6.07) is 6.15. The number of aliphatic imine (C=N–C) groups is 1. The Balaban J connectivity index is 2.59. The summed E-state index contributed by atoms with van der Waals surface area (Å²) >= 11 is 0. The van der Waals surface area contributed by atoms with Crippen LogP contribution >= 0.6 is 0 Å². The smallest absolute Gasteiger partial charge is 0.357 e. The van der Waals surface area contributed by atoms with Crippen LogP contribution < -0.4 is 5.32 Å². The SMILES string of the molecule is CCNC(=NCCN(C)CC(F)(F)F)N(C)Cc1ccc(F)cc1. The van der Waals surface area contributed by atoms with E-state index in [-0.39, 0.29) is 18.9 Å². The van der Waals surface area contributed by atoms with E-state index in [1.54, 1.807) is 12.1 Å². The molecule has 0 spiro atoms.